The molecule has 11 heterocycles. The molecule has 6 aromatic rings. The van der Waals surface area contributed by atoms with Crippen LogP contribution in [0.15, 0.2) is 18.6 Å². The van der Waals surface area contributed by atoms with E-state index in [1.165, 1.54) is 13.2 Å². The van der Waals surface area contributed by atoms with Crippen molar-refractivity contribution < 1.29 is 36.6 Å². The standard InChI is InChI=1S/C15H21N5O2.C14H18ClN5O2.C10H13N5O.CH5BO2.H2/c1-11-17-14(19-5-8-21-9-6-19)12-10-16-20(15(12)18-11)13-4-2-3-7-22-13;15-14-17-12(19-4-7-21-8-5-19)10-9-16-20(13(10)18-14)11-3-1-2-6-22-11;1-7-12-9-8(6-11-14-9)10(13-7)15-2-4-16-5-3-15;1-2(3)4;/h10,13H,2-9H2,1H3;9,11H,1-8H2;6H,2-5H2,1H3,(H,11,12,13,14);3-4H,1H3;1H/p+1. The minimum Gasteiger partial charge on any atom is -0.427 e. The average Bonchev–Trinajstić information content (AvgIpc) is 4.09. The fourth-order valence-corrected chi connectivity index (χ4v) is 8.29. The van der Waals surface area contributed by atoms with Gasteiger partial charge in [-0.1, -0.05) is 0 Å². The summed E-state index contributed by atoms with van der Waals surface area (Å²) in [7, 11) is -1.17. The van der Waals surface area contributed by atoms with Crippen molar-refractivity contribution in [2.45, 2.75) is 71.7 Å². The summed E-state index contributed by atoms with van der Waals surface area (Å²) in [6.07, 6.45) is 11.9. The van der Waals surface area contributed by atoms with E-state index in [4.69, 9.17) is 45.3 Å². The van der Waals surface area contributed by atoms with Gasteiger partial charge in [0.15, 0.2) is 29.4 Å². The van der Waals surface area contributed by atoms with Crippen molar-refractivity contribution in [3.63, 3.8) is 0 Å². The first-order chi connectivity index (χ1) is 31.2. The number of rotatable bonds is 5. The predicted octanol–water partition coefficient (Wildman–Crippen LogP) is 3.63. The number of morpholine rings is 3. The summed E-state index contributed by atoms with van der Waals surface area (Å²) in [5.41, 5.74) is 2.42. The largest absolute Gasteiger partial charge is 1.00 e. The van der Waals surface area contributed by atoms with Crippen LogP contribution in [-0.4, -0.2) is 169 Å². The summed E-state index contributed by atoms with van der Waals surface area (Å²) in [5, 5.41) is 34.3. The van der Waals surface area contributed by atoms with Gasteiger partial charge in [0.1, 0.15) is 29.1 Å². The highest BCUT2D eigenvalue weighted by molar-refractivity contribution is 6.39. The molecule has 0 saturated carbocycles. The summed E-state index contributed by atoms with van der Waals surface area (Å²) in [5.74, 6) is 4.29. The molecule has 22 nitrogen and oxygen atoms in total. The number of fused-ring (bicyclic) bond motifs is 3. The molecule has 6 aromatic heterocycles. The monoisotopic (exact) mass is 908 g/mol. The van der Waals surface area contributed by atoms with Gasteiger partial charge in [0.05, 0.1) is 74.4 Å². The molecule has 5 aliphatic heterocycles. The van der Waals surface area contributed by atoms with Crippen LogP contribution >= 0.6 is 11.6 Å². The first-order valence-corrected chi connectivity index (χ1v) is 22.5. The van der Waals surface area contributed by atoms with E-state index in [-0.39, 0.29) is 20.6 Å². The van der Waals surface area contributed by atoms with Crippen molar-refractivity contribution in [1.29, 1.82) is 0 Å². The molecule has 11 rings (SSSR count). The molecule has 24 heteroatoms. The van der Waals surface area contributed by atoms with Crippen LogP contribution in [0.5, 0.6) is 0 Å². The van der Waals surface area contributed by atoms with Gasteiger partial charge in [-0.2, -0.15) is 25.3 Å². The van der Waals surface area contributed by atoms with Crippen LogP contribution in [0.3, 0.4) is 0 Å². The van der Waals surface area contributed by atoms with Crippen molar-refractivity contribution >= 4 is 69.3 Å². The maximum atomic E-state index is 7.61. The van der Waals surface area contributed by atoms with E-state index in [1.807, 2.05) is 35.6 Å². The number of hydrogen-bond acceptors (Lipinski definition) is 19. The second kappa shape index (κ2) is 21.9. The summed E-state index contributed by atoms with van der Waals surface area (Å²) in [6, 6.07) is 0. The van der Waals surface area contributed by atoms with Gasteiger partial charge < -0.3 is 48.4 Å². The quantitative estimate of drug-likeness (QED) is 0.165. The number of H-pyrrole nitrogens is 1. The van der Waals surface area contributed by atoms with E-state index in [2.05, 4.69) is 65.0 Å². The number of ether oxygens (including phenoxy) is 5. The molecule has 0 aromatic carbocycles. The minimum atomic E-state index is -1.17. The summed E-state index contributed by atoms with van der Waals surface area (Å²) in [4.78, 5) is 33.5. The average molecular weight is 909 g/mol. The van der Waals surface area contributed by atoms with Gasteiger partial charge >= 0.3 is 8.55 Å². The van der Waals surface area contributed by atoms with Crippen molar-refractivity contribution in [1.82, 2.24) is 59.7 Å². The highest BCUT2D eigenvalue weighted by Gasteiger charge is 2.26. The smallest absolute Gasteiger partial charge is 0.427 e. The number of hydrogen-bond donors (Lipinski definition) is 3. The first-order valence-electron chi connectivity index (χ1n) is 22.1. The van der Waals surface area contributed by atoms with Crippen LogP contribution in [0, 0.1) is 13.8 Å². The van der Waals surface area contributed by atoms with Gasteiger partial charge in [-0.15, -0.1) is 0 Å². The highest BCUT2D eigenvalue weighted by atomic mass is 35.5. The Morgan fingerprint density at radius 1 is 0.609 bits per heavy atom. The molecule has 5 fully saturated rings. The minimum absolute atomic E-state index is 0. The van der Waals surface area contributed by atoms with E-state index in [1.54, 1.807) is 6.20 Å². The SMILES string of the molecule is CB(O)O.Cc1nc(N2CCOCC2)c2cn[nH]c2n1.Cc1nc(N2CCOCC2)c2cnn(C3CCCCO3)c2n1.Clc1nc(N2CCOCC2)c2cnn(C3CCCCO3)c2n1.[H+].[HH]. The molecule has 0 spiro atoms. The molecule has 0 aliphatic carbocycles. The van der Waals surface area contributed by atoms with Crippen LogP contribution in [0.4, 0.5) is 17.5 Å². The number of aromatic amines is 1. The van der Waals surface area contributed by atoms with E-state index in [0.29, 0.717) is 13.2 Å². The topological polar surface area (TPSA) is 238 Å². The van der Waals surface area contributed by atoms with Gasteiger partial charge in [0.2, 0.25) is 5.28 Å². The molecular weight excluding hydrogens is 849 g/mol. The first kappa shape index (κ1) is 45.7. The lowest BCUT2D eigenvalue weighted by Crippen LogP contribution is -2.37. The second-order valence-electron chi connectivity index (χ2n) is 15.9. The summed E-state index contributed by atoms with van der Waals surface area (Å²) >= 11 is 6.15. The third kappa shape index (κ3) is 11.1. The van der Waals surface area contributed by atoms with Crippen LogP contribution in [0.2, 0.25) is 12.1 Å². The zero-order valence-corrected chi connectivity index (χ0v) is 37.4. The van der Waals surface area contributed by atoms with Gasteiger partial charge in [0.25, 0.3) is 0 Å². The third-order valence-electron chi connectivity index (χ3n) is 11.1. The number of nitrogens with zero attached hydrogens (tertiary/aromatic N) is 14. The van der Waals surface area contributed by atoms with E-state index in [0.717, 1.165) is 173 Å². The normalized spacial score (nSPS) is 20.6. The van der Waals surface area contributed by atoms with E-state index < -0.39 is 7.12 Å². The number of nitrogens with one attached hydrogen (secondary N) is 1. The van der Waals surface area contributed by atoms with E-state index in [9.17, 15) is 0 Å². The Kier molecular flexibility index (Phi) is 15.6. The molecule has 5 aliphatic rings. The molecule has 3 N–H and O–H groups in total. The maximum Gasteiger partial charge on any atom is 1.00 e. The highest BCUT2D eigenvalue weighted by Crippen LogP contribution is 2.32. The molecule has 0 amide bonds. The Bertz CT molecular complexity index is 2300. The number of halogens is 1. The lowest BCUT2D eigenvalue weighted by Gasteiger charge is -2.28. The second-order valence-corrected chi connectivity index (χ2v) is 16.2. The van der Waals surface area contributed by atoms with Crippen LogP contribution in [0.1, 0.15) is 65.5 Å². The molecule has 346 valence electrons. The molecule has 0 radical (unpaired) electrons. The molecule has 64 heavy (non-hydrogen) atoms. The molecule has 2 atom stereocenters. The van der Waals surface area contributed by atoms with Gasteiger partial charge in [0, 0.05) is 53.9 Å². The van der Waals surface area contributed by atoms with Crippen molar-refractivity contribution in [3.8, 4) is 0 Å². The van der Waals surface area contributed by atoms with Crippen LogP contribution in [0.25, 0.3) is 33.1 Å². The fraction of sp³-hybridized carbons (Fsp3) is 0.625. The maximum absolute atomic E-state index is 7.61. The Morgan fingerprint density at radius 2 is 1.05 bits per heavy atom. The van der Waals surface area contributed by atoms with Crippen molar-refractivity contribution in [3.05, 3.63) is 35.5 Å². The van der Waals surface area contributed by atoms with Gasteiger partial charge in [-0.25, -0.2) is 29.3 Å². The Labute approximate surface area is 378 Å². The molecule has 2 unspecified atom stereocenters. The summed E-state index contributed by atoms with van der Waals surface area (Å²) < 4.78 is 31.6. The molecule has 5 saturated heterocycles. The molecule has 0 bridgehead atoms. The van der Waals surface area contributed by atoms with Crippen LogP contribution < -0.4 is 14.7 Å². The van der Waals surface area contributed by atoms with Crippen molar-refractivity contribution in [2.75, 3.05) is 107 Å². The fourth-order valence-electron chi connectivity index (χ4n) is 8.13. The Balaban J connectivity index is 0.000000157. The number of aryl methyl sites for hydroxylation is 2. The zero-order valence-electron chi connectivity index (χ0n) is 37.7. The zero-order chi connectivity index (χ0) is 44.4. The van der Waals surface area contributed by atoms with Gasteiger partial charge in [-0.3, -0.25) is 5.10 Å². The molecular formula is C40H60BClN15O7+. The predicted molar refractivity (Wildman–Crippen MR) is 243 cm³/mol. The van der Waals surface area contributed by atoms with Gasteiger partial charge in [-0.05, 0) is 70.8 Å². The van der Waals surface area contributed by atoms with Crippen LogP contribution in [-0.2, 0) is 23.7 Å². The third-order valence-corrected chi connectivity index (χ3v) is 11.3. The van der Waals surface area contributed by atoms with E-state index >= 15 is 0 Å². The summed E-state index contributed by atoms with van der Waals surface area (Å²) in [6.45, 7) is 16.1. The van der Waals surface area contributed by atoms with Crippen molar-refractivity contribution in [2.24, 2.45) is 0 Å². The lowest BCUT2D eigenvalue weighted by molar-refractivity contribution is -0.0371. The Morgan fingerprint density at radius 3 is 1.52 bits per heavy atom. The number of anilines is 3. The Hall–Kier alpha value is -4.88. The lowest BCUT2D eigenvalue weighted by atomic mass is 9.99. The number of aromatic nitrogens is 12.